The summed E-state index contributed by atoms with van der Waals surface area (Å²) in [5, 5.41) is 18.3. The molecule has 1 atom stereocenters. The third kappa shape index (κ3) is 2.67. The van der Waals surface area contributed by atoms with Crippen LogP contribution < -0.4 is 17.2 Å². The first kappa shape index (κ1) is 14.5. The van der Waals surface area contributed by atoms with Crippen molar-refractivity contribution in [2.24, 2.45) is 11.5 Å². The van der Waals surface area contributed by atoms with E-state index in [0.29, 0.717) is 11.4 Å². The quantitative estimate of drug-likeness (QED) is 0.231. The standard InChI is InChI=1S/C12H15N7O2/c13-10(14)6-12(16,8-2-1-5-17-8)9-4-3-7(19(20)21)11(15)18-9/h1-5,17H,6,16H2,(H3,13,14)(H2,15,18). The lowest BCUT2D eigenvalue weighted by molar-refractivity contribution is -0.384. The fourth-order valence-electron chi connectivity index (χ4n) is 2.10. The van der Waals surface area contributed by atoms with Crippen LogP contribution in [0.4, 0.5) is 11.5 Å². The zero-order valence-corrected chi connectivity index (χ0v) is 11.0. The van der Waals surface area contributed by atoms with Crippen LogP contribution in [0.15, 0.2) is 30.5 Å². The smallest absolute Gasteiger partial charge is 0.311 e. The van der Waals surface area contributed by atoms with Gasteiger partial charge in [-0.15, -0.1) is 0 Å². The number of hydrogen-bond acceptors (Lipinski definition) is 6. The molecule has 0 saturated carbocycles. The largest absolute Gasteiger partial charge is 0.388 e. The van der Waals surface area contributed by atoms with Crippen LogP contribution >= 0.6 is 0 Å². The molecule has 0 spiro atoms. The number of hydrogen-bond donors (Lipinski definition) is 5. The van der Waals surface area contributed by atoms with Crippen LogP contribution in [0.3, 0.4) is 0 Å². The van der Waals surface area contributed by atoms with Gasteiger partial charge in [0.25, 0.3) is 0 Å². The van der Waals surface area contributed by atoms with Crippen molar-refractivity contribution in [2.45, 2.75) is 12.0 Å². The van der Waals surface area contributed by atoms with Gasteiger partial charge in [0, 0.05) is 24.4 Å². The van der Waals surface area contributed by atoms with Crippen LogP contribution in [-0.2, 0) is 5.54 Å². The Labute approximate surface area is 119 Å². The maximum atomic E-state index is 10.8. The number of rotatable bonds is 5. The van der Waals surface area contributed by atoms with Gasteiger partial charge in [-0.1, -0.05) is 0 Å². The molecule has 0 amide bonds. The van der Waals surface area contributed by atoms with E-state index in [4.69, 9.17) is 22.6 Å². The van der Waals surface area contributed by atoms with Gasteiger partial charge < -0.3 is 22.2 Å². The van der Waals surface area contributed by atoms with Gasteiger partial charge in [0.15, 0.2) is 0 Å². The van der Waals surface area contributed by atoms with E-state index in [2.05, 4.69) is 9.97 Å². The normalized spacial score (nSPS) is 13.6. The molecular formula is C12H15N7O2. The molecule has 0 radical (unpaired) electrons. The van der Waals surface area contributed by atoms with E-state index in [-0.39, 0.29) is 23.8 Å². The van der Waals surface area contributed by atoms with E-state index in [1.807, 2.05) is 0 Å². The van der Waals surface area contributed by atoms with Crippen molar-refractivity contribution >= 4 is 17.3 Å². The summed E-state index contributed by atoms with van der Waals surface area (Å²) in [4.78, 5) is 17.1. The summed E-state index contributed by atoms with van der Waals surface area (Å²) in [6.07, 6.45) is 1.67. The van der Waals surface area contributed by atoms with Gasteiger partial charge in [0.2, 0.25) is 5.82 Å². The molecule has 0 saturated heterocycles. The van der Waals surface area contributed by atoms with Crippen LogP contribution in [0.25, 0.3) is 0 Å². The van der Waals surface area contributed by atoms with Gasteiger partial charge in [-0.25, -0.2) is 4.98 Å². The number of nitrogens with one attached hydrogen (secondary N) is 2. The van der Waals surface area contributed by atoms with E-state index in [1.165, 1.54) is 12.1 Å². The molecule has 2 heterocycles. The molecule has 9 nitrogen and oxygen atoms in total. The SMILES string of the molecule is N=C(N)CC(N)(c1ccc([N+](=O)[O-])c(N)n1)c1ccc[nH]1. The molecule has 110 valence electrons. The topological polar surface area (TPSA) is 174 Å². The monoisotopic (exact) mass is 289 g/mol. The Bertz CT molecular complexity index is 683. The van der Waals surface area contributed by atoms with Gasteiger partial charge in [-0.05, 0) is 18.2 Å². The summed E-state index contributed by atoms with van der Waals surface area (Å²) in [6, 6.07) is 6.12. The molecule has 1 unspecified atom stereocenters. The molecule has 2 aromatic heterocycles. The van der Waals surface area contributed by atoms with Crippen molar-refractivity contribution in [1.29, 1.82) is 5.41 Å². The number of aromatic amines is 1. The second kappa shape index (κ2) is 5.21. The Morgan fingerprint density at radius 3 is 2.67 bits per heavy atom. The Hall–Kier alpha value is -2.94. The van der Waals surface area contributed by atoms with Crippen molar-refractivity contribution < 1.29 is 4.92 Å². The van der Waals surface area contributed by atoms with E-state index in [0.717, 1.165) is 0 Å². The number of amidine groups is 1. The summed E-state index contributed by atoms with van der Waals surface area (Å²) in [7, 11) is 0. The predicted octanol–water partition coefficient (Wildman–Crippen LogP) is 0.428. The summed E-state index contributed by atoms with van der Waals surface area (Å²) in [5.41, 5.74) is 16.8. The number of nitrogens with zero attached hydrogens (tertiary/aromatic N) is 2. The minimum atomic E-state index is -1.21. The first-order valence-electron chi connectivity index (χ1n) is 6.01. The number of nitrogens with two attached hydrogens (primary N) is 3. The number of anilines is 1. The summed E-state index contributed by atoms with van der Waals surface area (Å²) >= 11 is 0. The van der Waals surface area contributed by atoms with Crippen LogP contribution in [0, 0.1) is 15.5 Å². The van der Waals surface area contributed by atoms with Crippen LogP contribution in [0.5, 0.6) is 0 Å². The molecule has 8 N–H and O–H groups in total. The number of H-pyrrole nitrogens is 1. The van der Waals surface area contributed by atoms with E-state index < -0.39 is 10.5 Å². The maximum Gasteiger partial charge on any atom is 0.311 e. The van der Waals surface area contributed by atoms with E-state index >= 15 is 0 Å². The molecule has 0 fully saturated rings. The van der Waals surface area contributed by atoms with Crippen molar-refractivity contribution in [3.8, 4) is 0 Å². The average Bonchev–Trinajstić information content (AvgIpc) is 2.91. The molecule has 0 bridgehead atoms. The lowest BCUT2D eigenvalue weighted by Crippen LogP contribution is -2.42. The molecule has 0 aliphatic carbocycles. The number of nitro groups is 1. The van der Waals surface area contributed by atoms with Gasteiger partial charge in [-0.3, -0.25) is 15.5 Å². The van der Waals surface area contributed by atoms with E-state index in [1.54, 1.807) is 18.3 Å². The third-order valence-corrected chi connectivity index (χ3v) is 3.10. The molecule has 0 aliphatic rings. The van der Waals surface area contributed by atoms with Crippen molar-refractivity contribution in [1.82, 2.24) is 9.97 Å². The summed E-state index contributed by atoms with van der Waals surface area (Å²) in [6.45, 7) is 0. The molecule has 2 rings (SSSR count). The molecule has 0 aliphatic heterocycles. The van der Waals surface area contributed by atoms with Gasteiger partial charge in [0.1, 0.15) is 5.54 Å². The highest BCUT2D eigenvalue weighted by atomic mass is 16.6. The molecule has 2 aromatic rings. The Morgan fingerprint density at radius 2 is 2.19 bits per heavy atom. The first-order valence-corrected chi connectivity index (χ1v) is 6.01. The van der Waals surface area contributed by atoms with Crippen molar-refractivity contribution in [2.75, 3.05) is 5.73 Å². The molecule has 21 heavy (non-hydrogen) atoms. The first-order chi connectivity index (χ1) is 9.84. The average molecular weight is 289 g/mol. The van der Waals surface area contributed by atoms with Gasteiger partial charge in [-0.2, -0.15) is 0 Å². The second-order valence-corrected chi connectivity index (χ2v) is 4.62. The second-order valence-electron chi connectivity index (χ2n) is 4.62. The molecular weight excluding hydrogens is 274 g/mol. The highest BCUT2D eigenvalue weighted by molar-refractivity contribution is 5.79. The molecule has 9 heteroatoms. The fraction of sp³-hybridized carbons (Fsp3) is 0.167. The zero-order valence-electron chi connectivity index (χ0n) is 11.0. The van der Waals surface area contributed by atoms with E-state index in [9.17, 15) is 10.1 Å². The fourth-order valence-corrected chi connectivity index (χ4v) is 2.10. The lowest BCUT2D eigenvalue weighted by atomic mass is 9.87. The van der Waals surface area contributed by atoms with Gasteiger partial charge >= 0.3 is 5.69 Å². The lowest BCUT2D eigenvalue weighted by Gasteiger charge is -2.27. The third-order valence-electron chi connectivity index (χ3n) is 3.10. The maximum absolute atomic E-state index is 10.8. The van der Waals surface area contributed by atoms with Crippen LogP contribution in [-0.4, -0.2) is 20.7 Å². The molecule has 0 aromatic carbocycles. The van der Waals surface area contributed by atoms with Gasteiger partial charge in [0.05, 0.1) is 16.5 Å². The Balaban J connectivity index is 2.55. The van der Waals surface area contributed by atoms with Crippen LogP contribution in [0.2, 0.25) is 0 Å². The minimum absolute atomic E-state index is 0.00222. The Kier molecular flexibility index (Phi) is 3.59. The Morgan fingerprint density at radius 1 is 1.48 bits per heavy atom. The number of aromatic nitrogens is 2. The predicted molar refractivity (Wildman–Crippen MR) is 77.6 cm³/mol. The minimum Gasteiger partial charge on any atom is -0.388 e. The van der Waals surface area contributed by atoms with Crippen molar-refractivity contribution in [3.63, 3.8) is 0 Å². The zero-order chi connectivity index (χ0) is 15.6. The number of nitrogen functional groups attached to an aromatic ring is 1. The number of pyridine rings is 1. The summed E-state index contributed by atoms with van der Waals surface area (Å²) < 4.78 is 0. The van der Waals surface area contributed by atoms with Crippen LogP contribution in [0.1, 0.15) is 17.8 Å². The summed E-state index contributed by atoms with van der Waals surface area (Å²) in [5.74, 6) is -0.367. The highest BCUT2D eigenvalue weighted by Gasteiger charge is 2.34. The van der Waals surface area contributed by atoms with Crippen molar-refractivity contribution in [3.05, 3.63) is 52.0 Å². The highest BCUT2D eigenvalue weighted by Crippen LogP contribution is 2.30.